The summed E-state index contributed by atoms with van der Waals surface area (Å²) in [5.41, 5.74) is 1.24. The summed E-state index contributed by atoms with van der Waals surface area (Å²) >= 11 is 5.67. The van der Waals surface area contributed by atoms with Gasteiger partial charge in [-0.25, -0.2) is 0 Å². The van der Waals surface area contributed by atoms with Gasteiger partial charge in [0, 0.05) is 4.49 Å². The molecule has 0 bridgehead atoms. The monoisotopic (exact) mass is 236 g/mol. The fraction of sp³-hybridized carbons (Fsp3) is 0.462. The van der Waals surface area contributed by atoms with Crippen LogP contribution in [0, 0.1) is 0 Å². The Morgan fingerprint density at radius 3 is 1.93 bits per heavy atom. The molecule has 1 rings (SSSR count). The molecule has 82 valence electrons. The highest BCUT2D eigenvalue weighted by molar-refractivity contribution is 7.85. The first-order valence-electron chi connectivity index (χ1n) is 5.36. The summed E-state index contributed by atoms with van der Waals surface area (Å²) < 4.78 is 1.19. The molecular formula is C13H20SSi. The fourth-order valence-corrected chi connectivity index (χ4v) is 3.92. The van der Waals surface area contributed by atoms with Gasteiger partial charge in [-0.2, -0.15) is 0 Å². The van der Waals surface area contributed by atoms with Gasteiger partial charge < -0.3 is 0 Å². The first kappa shape index (κ1) is 12.6. The summed E-state index contributed by atoms with van der Waals surface area (Å²) in [5.74, 6) is 0. The second-order valence-electron chi connectivity index (χ2n) is 5.57. The molecule has 0 amide bonds. The molecule has 0 spiro atoms. The number of hydrogen-bond donors (Lipinski definition) is 0. The third-order valence-electron chi connectivity index (χ3n) is 3.48. The standard InChI is InChI=1S/C13H20SSi/c1-13(2,3)15(4,5)12(14)11-9-7-6-8-10-11/h6-10H,1-5H3. The Kier molecular flexibility index (Phi) is 3.51. The SMILES string of the molecule is CC(C)(C)[Si](C)(C)C(=S)c1ccccc1. The molecular weight excluding hydrogens is 216 g/mol. The highest BCUT2D eigenvalue weighted by Gasteiger charge is 2.39. The Hall–Kier alpha value is -0.473. The summed E-state index contributed by atoms with van der Waals surface area (Å²) in [5, 5.41) is 0.319. The minimum atomic E-state index is -1.52. The molecule has 1 aromatic rings. The molecule has 0 aliphatic rings. The Morgan fingerprint density at radius 1 is 1.07 bits per heavy atom. The summed E-state index contributed by atoms with van der Waals surface area (Å²) in [6.07, 6.45) is 0. The zero-order valence-corrected chi connectivity index (χ0v) is 12.1. The number of hydrogen-bond acceptors (Lipinski definition) is 1. The molecule has 0 aromatic heterocycles. The summed E-state index contributed by atoms with van der Waals surface area (Å²) in [4.78, 5) is 0. The van der Waals surface area contributed by atoms with Gasteiger partial charge in [0.25, 0.3) is 0 Å². The van der Waals surface area contributed by atoms with Crippen LogP contribution in [0.15, 0.2) is 30.3 Å². The third-order valence-corrected chi connectivity index (χ3v) is 10.4. The zero-order valence-electron chi connectivity index (χ0n) is 10.3. The Morgan fingerprint density at radius 2 is 1.53 bits per heavy atom. The highest BCUT2D eigenvalue weighted by atomic mass is 32.1. The van der Waals surface area contributed by atoms with E-state index in [-0.39, 0.29) is 0 Å². The van der Waals surface area contributed by atoms with E-state index < -0.39 is 8.07 Å². The molecule has 0 saturated heterocycles. The number of rotatable bonds is 2. The van der Waals surface area contributed by atoms with Crippen molar-refractivity contribution in [1.29, 1.82) is 0 Å². The predicted molar refractivity (Wildman–Crippen MR) is 75.3 cm³/mol. The predicted octanol–water partition coefficient (Wildman–Crippen LogP) is 4.45. The maximum absolute atomic E-state index is 5.67. The molecule has 0 radical (unpaired) electrons. The Labute approximate surface area is 99.7 Å². The molecule has 0 aliphatic carbocycles. The molecule has 2 heteroatoms. The van der Waals surface area contributed by atoms with Gasteiger partial charge in [-0.1, -0.05) is 76.4 Å². The molecule has 0 atom stereocenters. The molecule has 0 N–H and O–H groups in total. The van der Waals surface area contributed by atoms with E-state index >= 15 is 0 Å². The van der Waals surface area contributed by atoms with E-state index in [1.165, 1.54) is 10.1 Å². The minimum absolute atomic E-state index is 0.319. The number of benzene rings is 1. The van der Waals surface area contributed by atoms with Crippen LogP contribution in [0.3, 0.4) is 0 Å². The van der Waals surface area contributed by atoms with Crippen LogP contribution in [0.4, 0.5) is 0 Å². The lowest BCUT2D eigenvalue weighted by atomic mass is 10.2. The van der Waals surface area contributed by atoms with E-state index in [9.17, 15) is 0 Å². The summed E-state index contributed by atoms with van der Waals surface area (Å²) in [6.45, 7) is 11.6. The van der Waals surface area contributed by atoms with Gasteiger partial charge in [0.15, 0.2) is 0 Å². The van der Waals surface area contributed by atoms with Crippen molar-refractivity contribution in [2.75, 3.05) is 0 Å². The van der Waals surface area contributed by atoms with Crippen molar-refractivity contribution in [2.45, 2.75) is 38.9 Å². The lowest BCUT2D eigenvalue weighted by molar-refractivity contribution is 0.733. The van der Waals surface area contributed by atoms with Gasteiger partial charge in [-0.3, -0.25) is 0 Å². The van der Waals surface area contributed by atoms with E-state index in [4.69, 9.17) is 12.2 Å². The largest absolute Gasteiger partial charge is 0.101 e. The molecule has 0 unspecified atom stereocenters. The zero-order chi connectivity index (χ0) is 11.7. The van der Waals surface area contributed by atoms with Crippen molar-refractivity contribution >= 4 is 24.8 Å². The Balaban J connectivity index is 3.06. The maximum Gasteiger partial charge on any atom is 0.101 e. The van der Waals surface area contributed by atoms with Crippen LogP contribution >= 0.6 is 12.2 Å². The van der Waals surface area contributed by atoms with Crippen molar-refractivity contribution in [3.63, 3.8) is 0 Å². The molecule has 15 heavy (non-hydrogen) atoms. The van der Waals surface area contributed by atoms with Crippen molar-refractivity contribution in [2.24, 2.45) is 0 Å². The smallest absolute Gasteiger partial charge is 0.0894 e. The molecule has 0 heterocycles. The second kappa shape index (κ2) is 4.18. The van der Waals surface area contributed by atoms with Gasteiger partial charge >= 0.3 is 0 Å². The fourth-order valence-electron chi connectivity index (χ4n) is 1.29. The van der Waals surface area contributed by atoms with Gasteiger partial charge in [-0.05, 0) is 10.6 Å². The maximum atomic E-state index is 5.67. The summed E-state index contributed by atoms with van der Waals surface area (Å²) in [6, 6.07) is 10.4. The topological polar surface area (TPSA) is 0 Å². The molecule has 0 fully saturated rings. The van der Waals surface area contributed by atoms with Crippen LogP contribution in [-0.2, 0) is 0 Å². The van der Waals surface area contributed by atoms with Gasteiger partial charge in [0.05, 0.1) is 0 Å². The lowest BCUT2D eigenvalue weighted by Crippen LogP contribution is -2.45. The van der Waals surface area contributed by atoms with Crippen LogP contribution < -0.4 is 0 Å². The lowest BCUT2D eigenvalue weighted by Gasteiger charge is -2.37. The van der Waals surface area contributed by atoms with Gasteiger partial charge in [0.1, 0.15) is 8.07 Å². The quantitative estimate of drug-likeness (QED) is 0.540. The van der Waals surface area contributed by atoms with Crippen LogP contribution in [0.2, 0.25) is 18.1 Å². The molecule has 0 aliphatic heterocycles. The van der Waals surface area contributed by atoms with Crippen molar-refractivity contribution < 1.29 is 0 Å². The third kappa shape index (κ3) is 2.55. The van der Waals surface area contributed by atoms with Crippen LogP contribution in [0.25, 0.3) is 0 Å². The average molecular weight is 236 g/mol. The number of thiocarbonyl (C=S) groups is 1. The van der Waals surface area contributed by atoms with Crippen molar-refractivity contribution in [3.05, 3.63) is 35.9 Å². The van der Waals surface area contributed by atoms with E-state index in [0.29, 0.717) is 5.04 Å². The van der Waals surface area contributed by atoms with E-state index in [0.717, 1.165) is 0 Å². The highest BCUT2D eigenvalue weighted by Crippen LogP contribution is 2.38. The van der Waals surface area contributed by atoms with Crippen LogP contribution in [-0.4, -0.2) is 12.6 Å². The minimum Gasteiger partial charge on any atom is -0.0894 e. The first-order chi connectivity index (χ1) is 6.77. The Bertz CT molecular complexity index is 347. The summed E-state index contributed by atoms with van der Waals surface area (Å²) in [7, 11) is -1.52. The molecule has 1 aromatic carbocycles. The van der Waals surface area contributed by atoms with Crippen LogP contribution in [0.1, 0.15) is 26.3 Å². The van der Waals surface area contributed by atoms with E-state index in [1.807, 2.05) is 6.07 Å². The van der Waals surface area contributed by atoms with Gasteiger partial charge in [0.2, 0.25) is 0 Å². The van der Waals surface area contributed by atoms with Gasteiger partial charge in [-0.15, -0.1) is 0 Å². The van der Waals surface area contributed by atoms with E-state index in [1.54, 1.807) is 0 Å². The van der Waals surface area contributed by atoms with Crippen molar-refractivity contribution in [3.8, 4) is 0 Å². The first-order valence-corrected chi connectivity index (χ1v) is 8.77. The van der Waals surface area contributed by atoms with Crippen molar-refractivity contribution in [1.82, 2.24) is 0 Å². The average Bonchev–Trinajstić information content (AvgIpc) is 2.16. The second-order valence-corrected chi connectivity index (χ2v) is 11.6. The molecule has 0 saturated carbocycles. The van der Waals surface area contributed by atoms with E-state index in [2.05, 4.69) is 58.1 Å². The van der Waals surface area contributed by atoms with Crippen LogP contribution in [0.5, 0.6) is 0 Å². The normalized spacial score (nSPS) is 12.6. The molecule has 0 nitrogen and oxygen atoms in total.